The first-order valence-corrected chi connectivity index (χ1v) is 11.1. The first kappa shape index (κ1) is 22.2. The highest BCUT2D eigenvalue weighted by Crippen LogP contribution is 2.35. The maximum absolute atomic E-state index is 13.2. The van der Waals surface area contributed by atoms with Gasteiger partial charge in [0.2, 0.25) is 0 Å². The second kappa shape index (κ2) is 9.34. The largest absolute Gasteiger partial charge is 0.481 e. The SMILES string of the molecule is O=C(O)CC(c1ccco1)N1Cc2ccc(NC(=O)c3cccc(NC4=NCCN4)c3)cc2C1=O. The molecule has 0 saturated carbocycles. The van der Waals surface area contributed by atoms with Crippen molar-refractivity contribution >= 4 is 35.1 Å². The number of carboxylic acids is 1. The number of rotatable bonds is 7. The first-order valence-electron chi connectivity index (χ1n) is 11.1. The van der Waals surface area contributed by atoms with E-state index in [0.717, 1.165) is 17.8 Å². The molecule has 0 spiro atoms. The number of aliphatic imine (C=N–C) groups is 1. The second-order valence-electron chi connectivity index (χ2n) is 8.25. The smallest absolute Gasteiger partial charge is 0.305 e. The van der Waals surface area contributed by atoms with Gasteiger partial charge in [-0.2, -0.15) is 0 Å². The quantitative estimate of drug-likeness (QED) is 0.414. The minimum atomic E-state index is -1.03. The van der Waals surface area contributed by atoms with Crippen LogP contribution in [0.5, 0.6) is 0 Å². The van der Waals surface area contributed by atoms with Crippen LogP contribution in [0.25, 0.3) is 0 Å². The summed E-state index contributed by atoms with van der Waals surface area (Å²) in [6, 6.07) is 14.7. The van der Waals surface area contributed by atoms with E-state index in [4.69, 9.17) is 4.42 Å². The zero-order valence-corrected chi connectivity index (χ0v) is 18.7. The number of hydrogen-bond donors (Lipinski definition) is 4. The highest BCUT2D eigenvalue weighted by atomic mass is 16.4. The van der Waals surface area contributed by atoms with Gasteiger partial charge in [-0.3, -0.25) is 19.4 Å². The van der Waals surface area contributed by atoms with E-state index in [2.05, 4.69) is 20.9 Å². The lowest BCUT2D eigenvalue weighted by Crippen LogP contribution is -2.30. The van der Waals surface area contributed by atoms with E-state index in [1.165, 1.54) is 11.2 Å². The van der Waals surface area contributed by atoms with Gasteiger partial charge in [0.15, 0.2) is 5.96 Å². The van der Waals surface area contributed by atoms with Crippen molar-refractivity contribution in [2.24, 2.45) is 4.99 Å². The van der Waals surface area contributed by atoms with Crippen molar-refractivity contribution in [2.75, 3.05) is 23.7 Å². The van der Waals surface area contributed by atoms with E-state index in [1.807, 2.05) is 6.07 Å². The topological polar surface area (TPSA) is 136 Å². The molecule has 2 amide bonds. The number of nitrogens with zero attached hydrogens (tertiary/aromatic N) is 2. The summed E-state index contributed by atoms with van der Waals surface area (Å²) in [5, 5.41) is 18.4. The molecule has 2 aromatic carbocycles. The van der Waals surface area contributed by atoms with Gasteiger partial charge in [0.1, 0.15) is 11.8 Å². The average Bonchev–Trinajstić information content (AvgIpc) is 3.61. The summed E-state index contributed by atoms with van der Waals surface area (Å²) < 4.78 is 5.40. The predicted molar refractivity (Wildman–Crippen MR) is 128 cm³/mol. The van der Waals surface area contributed by atoms with Crippen LogP contribution >= 0.6 is 0 Å². The number of amides is 2. The van der Waals surface area contributed by atoms with Gasteiger partial charge in [0.25, 0.3) is 11.8 Å². The minimum absolute atomic E-state index is 0.257. The second-order valence-corrected chi connectivity index (χ2v) is 8.25. The zero-order valence-electron chi connectivity index (χ0n) is 18.7. The number of hydrogen-bond acceptors (Lipinski definition) is 7. The molecule has 10 heteroatoms. The molecule has 0 aliphatic carbocycles. The van der Waals surface area contributed by atoms with Gasteiger partial charge in [-0.25, -0.2) is 0 Å². The maximum atomic E-state index is 13.2. The van der Waals surface area contributed by atoms with Crippen LogP contribution in [0.3, 0.4) is 0 Å². The van der Waals surface area contributed by atoms with Gasteiger partial charge in [0, 0.05) is 35.6 Å². The number of carbonyl (C=O) groups excluding carboxylic acids is 2. The lowest BCUT2D eigenvalue weighted by atomic mass is 10.1. The van der Waals surface area contributed by atoms with E-state index in [1.54, 1.807) is 48.5 Å². The van der Waals surface area contributed by atoms with Gasteiger partial charge < -0.3 is 30.4 Å². The summed E-state index contributed by atoms with van der Waals surface area (Å²) in [4.78, 5) is 43.3. The van der Waals surface area contributed by atoms with Crippen molar-refractivity contribution in [3.63, 3.8) is 0 Å². The van der Waals surface area contributed by atoms with E-state index >= 15 is 0 Å². The molecule has 0 radical (unpaired) electrons. The number of benzene rings is 2. The molecule has 0 fully saturated rings. The molecule has 2 aliphatic heterocycles. The third kappa shape index (κ3) is 4.72. The fourth-order valence-electron chi connectivity index (χ4n) is 4.22. The third-order valence-corrected chi connectivity index (χ3v) is 5.88. The van der Waals surface area contributed by atoms with E-state index in [9.17, 15) is 19.5 Å². The Balaban J connectivity index is 1.31. The van der Waals surface area contributed by atoms with Crippen LogP contribution in [0.2, 0.25) is 0 Å². The number of guanidine groups is 1. The highest BCUT2D eigenvalue weighted by Gasteiger charge is 2.36. The molecule has 3 heterocycles. The number of furan rings is 1. The Labute approximate surface area is 200 Å². The Morgan fingerprint density at radius 3 is 2.77 bits per heavy atom. The van der Waals surface area contributed by atoms with Gasteiger partial charge in [-0.1, -0.05) is 12.1 Å². The maximum Gasteiger partial charge on any atom is 0.305 e. The molecule has 5 rings (SSSR count). The summed E-state index contributed by atoms with van der Waals surface area (Å²) in [5.41, 5.74) is 2.82. The molecule has 1 unspecified atom stereocenters. The Morgan fingerprint density at radius 1 is 1.14 bits per heavy atom. The van der Waals surface area contributed by atoms with Crippen LogP contribution in [-0.2, 0) is 11.3 Å². The summed E-state index contributed by atoms with van der Waals surface area (Å²) in [6.07, 6.45) is 1.18. The normalized spacial score (nSPS) is 15.3. The van der Waals surface area contributed by atoms with Gasteiger partial charge in [-0.15, -0.1) is 0 Å². The lowest BCUT2D eigenvalue weighted by Gasteiger charge is -2.24. The zero-order chi connectivity index (χ0) is 24.4. The summed E-state index contributed by atoms with van der Waals surface area (Å²) in [6.45, 7) is 1.73. The van der Waals surface area contributed by atoms with E-state index in [-0.39, 0.29) is 24.8 Å². The number of fused-ring (bicyclic) bond motifs is 1. The lowest BCUT2D eigenvalue weighted by molar-refractivity contribution is -0.138. The number of nitrogens with one attached hydrogen (secondary N) is 3. The Morgan fingerprint density at radius 2 is 2.03 bits per heavy atom. The molecule has 10 nitrogen and oxygen atoms in total. The van der Waals surface area contributed by atoms with E-state index < -0.39 is 12.0 Å². The predicted octanol–water partition coefficient (Wildman–Crippen LogP) is 3.07. The molecule has 0 bridgehead atoms. The van der Waals surface area contributed by atoms with Crippen LogP contribution in [0.4, 0.5) is 11.4 Å². The van der Waals surface area contributed by atoms with Crippen molar-refractivity contribution in [1.82, 2.24) is 10.2 Å². The van der Waals surface area contributed by atoms with Crippen molar-refractivity contribution in [2.45, 2.75) is 19.0 Å². The molecular weight excluding hydrogens is 450 g/mol. The molecule has 35 heavy (non-hydrogen) atoms. The van der Waals surface area contributed by atoms with Gasteiger partial charge in [-0.05, 0) is 48.0 Å². The van der Waals surface area contributed by atoms with Gasteiger partial charge in [0.05, 0.1) is 19.2 Å². The molecule has 2 aliphatic rings. The standard InChI is InChI=1S/C25H23N5O5/c31-22(32)13-20(21-5-2-10-35-21)30-14-16-6-7-18(12-19(16)24(30)34)28-23(33)15-3-1-4-17(11-15)29-25-26-8-9-27-25/h1-7,10-12,20H,8-9,13-14H2,(H,28,33)(H,31,32)(H2,26,27,29). The summed E-state index contributed by atoms with van der Waals surface area (Å²) in [5.74, 6) is -0.587. The van der Waals surface area contributed by atoms with Crippen LogP contribution in [-0.4, -0.2) is 46.8 Å². The molecule has 1 aromatic heterocycles. The fraction of sp³-hybridized carbons (Fsp3) is 0.200. The average molecular weight is 473 g/mol. The van der Waals surface area contributed by atoms with Crippen LogP contribution < -0.4 is 16.0 Å². The molecule has 1 atom stereocenters. The number of aliphatic carboxylic acids is 1. The molecule has 4 N–H and O–H groups in total. The van der Waals surface area contributed by atoms with Crippen LogP contribution in [0.15, 0.2) is 70.3 Å². The third-order valence-electron chi connectivity index (χ3n) is 5.88. The molecule has 178 valence electrons. The molecule has 0 saturated heterocycles. The molecule has 3 aromatic rings. The minimum Gasteiger partial charge on any atom is -0.481 e. The number of carboxylic acid groups (broad SMARTS) is 1. The van der Waals surface area contributed by atoms with Crippen LogP contribution in [0, 0.1) is 0 Å². The summed E-state index contributed by atoms with van der Waals surface area (Å²) in [7, 11) is 0. The van der Waals surface area contributed by atoms with Gasteiger partial charge >= 0.3 is 5.97 Å². The highest BCUT2D eigenvalue weighted by molar-refractivity contribution is 6.07. The Hall–Kier alpha value is -4.60. The summed E-state index contributed by atoms with van der Waals surface area (Å²) >= 11 is 0. The van der Waals surface area contributed by atoms with Crippen LogP contribution in [0.1, 0.15) is 44.5 Å². The first-order chi connectivity index (χ1) is 17.0. The van der Waals surface area contributed by atoms with Crippen molar-refractivity contribution in [1.29, 1.82) is 0 Å². The van der Waals surface area contributed by atoms with E-state index in [0.29, 0.717) is 35.1 Å². The number of carbonyl (C=O) groups is 3. The van der Waals surface area contributed by atoms with Crippen molar-refractivity contribution in [3.05, 3.63) is 83.3 Å². The Kier molecular flexibility index (Phi) is 5.92. The Bertz CT molecular complexity index is 1320. The fourth-order valence-corrected chi connectivity index (χ4v) is 4.22. The monoisotopic (exact) mass is 473 g/mol. The van der Waals surface area contributed by atoms with Crippen molar-refractivity contribution in [3.8, 4) is 0 Å². The number of anilines is 2. The molecular formula is C25H23N5O5. The van der Waals surface area contributed by atoms with Crippen molar-refractivity contribution < 1.29 is 23.9 Å².